The molecule has 1 atom stereocenters. The second kappa shape index (κ2) is 6.60. The van der Waals surface area contributed by atoms with Crippen molar-refractivity contribution in [1.82, 2.24) is 5.32 Å². The van der Waals surface area contributed by atoms with E-state index in [-0.39, 0.29) is 24.8 Å². The number of para-hydroxylation sites is 1. The zero-order chi connectivity index (χ0) is 17.2. The third-order valence-electron chi connectivity index (χ3n) is 4.82. The minimum atomic E-state index is -0.996. The van der Waals surface area contributed by atoms with E-state index in [9.17, 15) is 19.5 Å². The van der Waals surface area contributed by atoms with E-state index in [0.717, 1.165) is 5.56 Å². The lowest BCUT2D eigenvalue weighted by Gasteiger charge is -2.34. The van der Waals surface area contributed by atoms with Gasteiger partial charge in [-0.05, 0) is 24.5 Å². The van der Waals surface area contributed by atoms with E-state index in [0.29, 0.717) is 31.7 Å². The highest BCUT2D eigenvalue weighted by Gasteiger charge is 2.41. The molecule has 1 fully saturated rings. The second-order valence-corrected chi connectivity index (χ2v) is 6.31. The predicted molar refractivity (Wildman–Crippen MR) is 85.6 cm³/mol. The Bertz CT molecular complexity index is 667. The van der Waals surface area contributed by atoms with Gasteiger partial charge < -0.3 is 20.5 Å². The van der Waals surface area contributed by atoms with Crippen LogP contribution in [0.25, 0.3) is 0 Å². The van der Waals surface area contributed by atoms with E-state index in [2.05, 4.69) is 10.6 Å². The number of carbonyl (C=O) groups excluding carboxylic acids is 2. The maximum Gasteiger partial charge on any atom is 0.311 e. The predicted octanol–water partition coefficient (Wildman–Crippen LogP) is 1.11. The first-order valence-electron chi connectivity index (χ1n) is 7.99. The average molecular weight is 332 g/mol. The fraction of sp³-hybridized carbons (Fsp3) is 0.471. The zero-order valence-electron chi connectivity index (χ0n) is 13.2. The second-order valence-electron chi connectivity index (χ2n) is 6.31. The number of aliphatic carboxylic acids is 1. The standard InChI is InChI=1S/C17H20N2O5/c20-14-9-12(11-3-1-2-4-13(11)19-14)15(21)18-10-17(16(22)23)5-7-24-8-6-17/h1-4,12H,5-10H2,(H,18,21)(H,19,20)(H,22,23). The number of nitrogens with one attached hydrogen (secondary N) is 2. The smallest absolute Gasteiger partial charge is 0.311 e. The van der Waals surface area contributed by atoms with E-state index in [1.54, 1.807) is 18.2 Å². The van der Waals surface area contributed by atoms with Crippen molar-refractivity contribution in [1.29, 1.82) is 0 Å². The van der Waals surface area contributed by atoms with E-state index in [4.69, 9.17) is 4.74 Å². The Labute approximate surface area is 139 Å². The summed E-state index contributed by atoms with van der Waals surface area (Å²) in [6, 6.07) is 7.17. The number of hydrogen-bond acceptors (Lipinski definition) is 4. The minimum absolute atomic E-state index is 0.0464. The van der Waals surface area contributed by atoms with Gasteiger partial charge in [-0.1, -0.05) is 18.2 Å². The molecule has 0 spiro atoms. The molecule has 2 amide bonds. The van der Waals surface area contributed by atoms with Gasteiger partial charge in [0.15, 0.2) is 0 Å². The number of carbonyl (C=O) groups is 3. The van der Waals surface area contributed by atoms with Crippen LogP contribution in [0.3, 0.4) is 0 Å². The number of rotatable bonds is 4. The molecule has 1 unspecified atom stereocenters. The molecule has 0 aliphatic carbocycles. The van der Waals surface area contributed by atoms with Crippen molar-refractivity contribution in [2.75, 3.05) is 25.1 Å². The van der Waals surface area contributed by atoms with Gasteiger partial charge in [0.2, 0.25) is 11.8 Å². The number of amides is 2. The molecule has 0 saturated carbocycles. The molecule has 0 bridgehead atoms. The average Bonchev–Trinajstić information content (AvgIpc) is 2.59. The summed E-state index contributed by atoms with van der Waals surface area (Å²) in [5.41, 5.74) is 0.392. The molecule has 3 N–H and O–H groups in total. The van der Waals surface area contributed by atoms with Crippen molar-refractivity contribution < 1.29 is 24.2 Å². The molecule has 0 radical (unpaired) electrons. The highest BCUT2D eigenvalue weighted by atomic mass is 16.5. The molecular weight excluding hydrogens is 312 g/mol. The largest absolute Gasteiger partial charge is 0.481 e. The molecule has 2 heterocycles. The highest BCUT2D eigenvalue weighted by molar-refractivity contribution is 6.01. The van der Waals surface area contributed by atoms with Gasteiger partial charge in [0.05, 0.1) is 11.3 Å². The van der Waals surface area contributed by atoms with Crippen molar-refractivity contribution in [2.45, 2.75) is 25.2 Å². The first-order chi connectivity index (χ1) is 11.5. The highest BCUT2D eigenvalue weighted by Crippen LogP contribution is 2.33. The van der Waals surface area contributed by atoms with Crippen LogP contribution < -0.4 is 10.6 Å². The molecule has 24 heavy (non-hydrogen) atoms. The third kappa shape index (κ3) is 3.12. The van der Waals surface area contributed by atoms with Crippen LogP contribution in [0.4, 0.5) is 5.69 Å². The van der Waals surface area contributed by atoms with Crippen LogP contribution >= 0.6 is 0 Å². The fourth-order valence-electron chi connectivity index (χ4n) is 3.25. The quantitative estimate of drug-likeness (QED) is 0.766. The number of hydrogen-bond donors (Lipinski definition) is 3. The Morgan fingerprint density at radius 1 is 1.29 bits per heavy atom. The van der Waals surface area contributed by atoms with Crippen LogP contribution in [0, 0.1) is 5.41 Å². The zero-order valence-corrected chi connectivity index (χ0v) is 13.2. The Morgan fingerprint density at radius 3 is 2.71 bits per heavy atom. The Kier molecular flexibility index (Phi) is 4.53. The summed E-state index contributed by atoms with van der Waals surface area (Å²) in [7, 11) is 0. The molecular formula is C17H20N2O5. The van der Waals surface area contributed by atoms with Gasteiger partial charge >= 0.3 is 5.97 Å². The van der Waals surface area contributed by atoms with Gasteiger partial charge in [-0.2, -0.15) is 0 Å². The van der Waals surface area contributed by atoms with Crippen LogP contribution in [0.5, 0.6) is 0 Å². The van der Waals surface area contributed by atoms with Crippen molar-refractivity contribution in [3.8, 4) is 0 Å². The van der Waals surface area contributed by atoms with E-state index in [1.165, 1.54) is 0 Å². The summed E-state index contributed by atoms with van der Waals surface area (Å²) < 4.78 is 5.23. The summed E-state index contributed by atoms with van der Waals surface area (Å²) in [4.78, 5) is 36.1. The number of carboxylic acids is 1. The summed E-state index contributed by atoms with van der Waals surface area (Å²) >= 11 is 0. The molecule has 0 aromatic heterocycles. The van der Waals surface area contributed by atoms with Crippen molar-refractivity contribution in [3.63, 3.8) is 0 Å². The first-order valence-corrected chi connectivity index (χ1v) is 7.99. The number of carboxylic acid groups (broad SMARTS) is 1. The van der Waals surface area contributed by atoms with Gasteiger partial charge in [-0.15, -0.1) is 0 Å². The molecule has 2 aliphatic rings. The molecule has 1 aromatic rings. The molecule has 128 valence electrons. The first kappa shape index (κ1) is 16.4. The molecule has 7 heteroatoms. The third-order valence-corrected chi connectivity index (χ3v) is 4.82. The van der Waals surface area contributed by atoms with Crippen LogP contribution in [-0.4, -0.2) is 42.6 Å². The molecule has 2 aliphatic heterocycles. The van der Waals surface area contributed by atoms with Gasteiger partial charge in [0.25, 0.3) is 0 Å². The number of ether oxygens (including phenoxy) is 1. The van der Waals surface area contributed by atoms with Crippen LogP contribution in [0.15, 0.2) is 24.3 Å². The summed E-state index contributed by atoms with van der Waals surface area (Å²) in [5.74, 6) is -2.05. The van der Waals surface area contributed by atoms with Gasteiger partial charge in [0, 0.05) is 31.9 Å². The van der Waals surface area contributed by atoms with Gasteiger partial charge in [-0.3, -0.25) is 14.4 Å². The summed E-state index contributed by atoms with van der Waals surface area (Å²) in [6.45, 7) is 0.790. The SMILES string of the molecule is O=C1CC(C(=O)NCC2(C(=O)O)CCOCC2)c2ccccc2N1. The number of benzene rings is 1. The Hall–Kier alpha value is -2.41. The lowest BCUT2D eigenvalue weighted by Crippen LogP contribution is -2.48. The molecule has 7 nitrogen and oxygen atoms in total. The van der Waals surface area contributed by atoms with E-state index < -0.39 is 17.3 Å². The fourth-order valence-corrected chi connectivity index (χ4v) is 3.25. The molecule has 1 saturated heterocycles. The van der Waals surface area contributed by atoms with Gasteiger partial charge in [0.1, 0.15) is 0 Å². The lowest BCUT2D eigenvalue weighted by atomic mass is 9.80. The number of fused-ring (bicyclic) bond motifs is 1. The van der Waals surface area contributed by atoms with Crippen LogP contribution in [0.2, 0.25) is 0 Å². The minimum Gasteiger partial charge on any atom is -0.481 e. The van der Waals surface area contributed by atoms with Crippen LogP contribution in [0.1, 0.15) is 30.7 Å². The van der Waals surface area contributed by atoms with Crippen molar-refractivity contribution >= 4 is 23.5 Å². The van der Waals surface area contributed by atoms with E-state index in [1.807, 2.05) is 6.07 Å². The molecule has 3 rings (SSSR count). The summed E-state index contributed by atoms with van der Waals surface area (Å²) in [5, 5.41) is 15.0. The van der Waals surface area contributed by atoms with Crippen molar-refractivity contribution in [3.05, 3.63) is 29.8 Å². The van der Waals surface area contributed by atoms with Crippen LogP contribution in [-0.2, 0) is 19.1 Å². The topological polar surface area (TPSA) is 105 Å². The normalized spacial score (nSPS) is 22.2. The number of anilines is 1. The summed E-state index contributed by atoms with van der Waals surface area (Å²) in [6.07, 6.45) is 0.792. The maximum absolute atomic E-state index is 12.6. The van der Waals surface area contributed by atoms with Gasteiger partial charge in [-0.25, -0.2) is 0 Å². The molecule has 1 aromatic carbocycles. The van der Waals surface area contributed by atoms with E-state index >= 15 is 0 Å². The monoisotopic (exact) mass is 332 g/mol. The Balaban J connectivity index is 1.73. The maximum atomic E-state index is 12.6. The lowest BCUT2D eigenvalue weighted by molar-refractivity contribution is -0.154. The van der Waals surface area contributed by atoms with Crippen molar-refractivity contribution in [2.24, 2.45) is 5.41 Å². The Morgan fingerprint density at radius 2 is 2.00 bits per heavy atom.